The molecule has 1 aromatic carbocycles. The third kappa shape index (κ3) is 1.94. The molecule has 0 aliphatic carbocycles. The lowest BCUT2D eigenvalue weighted by Gasteiger charge is -2.08. The van der Waals surface area contributed by atoms with Crippen molar-refractivity contribution >= 4 is 28.4 Å². The van der Waals surface area contributed by atoms with E-state index in [0.717, 1.165) is 5.56 Å². The van der Waals surface area contributed by atoms with Crippen LogP contribution in [0.15, 0.2) is 47.7 Å². The normalized spacial score (nSPS) is 11.3. The molecule has 3 heterocycles. The minimum absolute atomic E-state index is 0.243. The van der Waals surface area contributed by atoms with Crippen LogP contribution in [0.25, 0.3) is 16.8 Å². The molecule has 3 aromatic heterocycles. The Morgan fingerprint density at radius 2 is 2.00 bits per heavy atom. The predicted molar refractivity (Wildman–Crippen MR) is 80.9 cm³/mol. The molecule has 0 aliphatic rings. The van der Waals surface area contributed by atoms with Gasteiger partial charge in [-0.05, 0) is 17.7 Å². The van der Waals surface area contributed by atoms with E-state index in [0.29, 0.717) is 22.9 Å². The third-order valence-corrected chi connectivity index (χ3v) is 3.78. The van der Waals surface area contributed by atoms with E-state index in [1.165, 1.54) is 10.8 Å². The number of fused-ring (bicyclic) bond motifs is 3. The zero-order valence-electron chi connectivity index (χ0n) is 11.2. The van der Waals surface area contributed by atoms with Gasteiger partial charge in [0.05, 0.1) is 6.54 Å². The van der Waals surface area contributed by atoms with Gasteiger partial charge in [-0.2, -0.15) is 14.6 Å². The third-order valence-electron chi connectivity index (χ3n) is 3.41. The van der Waals surface area contributed by atoms with Crippen LogP contribution in [0.1, 0.15) is 5.56 Å². The number of aromatic nitrogens is 6. The molecule has 108 valence electrons. The molecule has 4 rings (SSSR count). The monoisotopic (exact) mass is 312 g/mol. The maximum Gasteiger partial charge on any atom is 0.280 e. The van der Waals surface area contributed by atoms with Crippen molar-refractivity contribution < 1.29 is 0 Å². The quantitative estimate of drug-likeness (QED) is 0.561. The molecule has 0 bridgehead atoms. The first-order chi connectivity index (χ1) is 10.7. The summed E-state index contributed by atoms with van der Waals surface area (Å²) in [6, 6.07) is 9.17. The van der Waals surface area contributed by atoms with E-state index in [4.69, 9.17) is 11.6 Å². The van der Waals surface area contributed by atoms with Crippen LogP contribution in [0.2, 0.25) is 5.02 Å². The molecule has 0 aliphatic heterocycles. The summed E-state index contributed by atoms with van der Waals surface area (Å²) in [5.41, 5.74) is 1.43. The van der Waals surface area contributed by atoms with E-state index in [-0.39, 0.29) is 11.1 Å². The minimum Gasteiger partial charge on any atom is -0.309 e. The molecule has 0 radical (unpaired) electrons. The lowest BCUT2D eigenvalue weighted by atomic mass is 10.2. The first-order valence-corrected chi connectivity index (χ1v) is 6.91. The van der Waals surface area contributed by atoms with Gasteiger partial charge < -0.3 is 4.57 Å². The van der Waals surface area contributed by atoms with Gasteiger partial charge in [0.2, 0.25) is 0 Å². The maximum atomic E-state index is 12.6. The smallest absolute Gasteiger partial charge is 0.280 e. The first-order valence-electron chi connectivity index (χ1n) is 6.53. The Bertz CT molecular complexity index is 1050. The second-order valence-electron chi connectivity index (χ2n) is 4.75. The van der Waals surface area contributed by atoms with Gasteiger partial charge in [0.15, 0.2) is 5.52 Å². The van der Waals surface area contributed by atoms with Crippen LogP contribution < -0.4 is 5.56 Å². The second-order valence-corrected chi connectivity index (χ2v) is 5.15. The van der Waals surface area contributed by atoms with Gasteiger partial charge in [-0.3, -0.25) is 4.79 Å². The second kappa shape index (κ2) is 4.88. The van der Waals surface area contributed by atoms with Gasteiger partial charge in [0, 0.05) is 11.2 Å². The van der Waals surface area contributed by atoms with Crippen molar-refractivity contribution in [3.05, 3.63) is 63.8 Å². The zero-order chi connectivity index (χ0) is 15.1. The highest BCUT2D eigenvalue weighted by Gasteiger charge is 2.11. The summed E-state index contributed by atoms with van der Waals surface area (Å²) in [6.45, 7) is 0.367. The lowest BCUT2D eigenvalue weighted by Crippen LogP contribution is -2.22. The van der Waals surface area contributed by atoms with Crippen molar-refractivity contribution in [2.45, 2.75) is 6.54 Å². The highest BCUT2D eigenvalue weighted by atomic mass is 35.5. The Kier molecular flexibility index (Phi) is 2.87. The number of pyridine rings is 1. The molecule has 0 amide bonds. The van der Waals surface area contributed by atoms with Crippen LogP contribution in [0.4, 0.5) is 0 Å². The molecule has 0 spiro atoms. The largest absolute Gasteiger partial charge is 0.309 e. The van der Waals surface area contributed by atoms with Gasteiger partial charge in [0.1, 0.15) is 11.8 Å². The molecule has 0 saturated heterocycles. The van der Waals surface area contributed by atoms with Crippen LogP contribution in [-0.4, -0.2) is 29.4 Å². The van der Waals surface area contributed by atoms with Crippen LogP contribution in [0, 0.1) is 0 Å². The number of rotatable bonds is 2. The summed E-state index contributed by atoms with van der Waals surface area (Å²) in [6.07, 6.45) is 3.07. The van der Waals surface area contributed by atoms with Gasteiger partial charge in [-0.25, -0.2) is 0 Å². The summed E-state index contributed by atoms with van der Waals surface area (Å²) in [4.78, 5) is 16.5. The SMILES string of the molecule is O=c1c2nnc3ncnn3c2ccn1Cc1ccccc1Cl. The highest BCUT2D eigenvalue weighted by molar-refractivity contribution is 6.31. The molecule has 8 heteroatoms. The average molecular weight is 313 g/mol. The first kappa shape index (κ1) is 12.9. The summed E-state index contributed by atoms with van der Waals surface area (Å²) in [7, 11) is 0. The Balaban J connectivity index is 1.89. The van der Waals surface area contributed by atoms with E-state index in [2.05, 4.69) is 20.3 Å². The summed E-state index contributed by atoms with van der Waals surface area (Å²) < 4.78 is 3.03. The van der Waals surface area contributed by atoms with Gasteiger partial charge in [-0.15, -0.1) is 10.2 Å². The average Bonchev–Trinajstić information content (AvgIpc) is 3.01. The molecular formula is C14H9ClN6O. The van der Waals surface area contributed by atoms with Gasteiger partial charge in [-0.1, -0.05) is 29.8 Å². The minimum atomic E-state index is -0.248. The van der Waals surface area contributed by atoms with Gasteiger partial charge >= 0.3 is 0 Å². The lowest BCUT2D eigenvalue weighted by molar-refractivity contribution is 0.760. The number of halogens is 1. The van der Waals surface area contributed by atoms with Crippen molar-refractivity contribution in [2.75, 3.05) is 0 Å². The van der Waals surface area contributed by atoms with Crippen LogP contribution >= 0.6 is 11.6 Å². The summed E-state index contributed by atoms with van der Waals surface area (Å²) in [5.74, 6) is 0.357. The Morgan fingerprint density at radius 3 is 2.86 bits per heavy atom. The van der Waals surface area contributed by atoms with Crippen molar-refractivity contribution in [2.24, 2.45) is 0 Å². The van der Waals surface area contributed by atoms with Crippen LogP contribution in [0.5, 0.6) is 0 Å². The predicted octanol–water partition coefficient (Wildman–Crippen LogP) is 1.54. The summed E-state index contributed by atoms with van der Waals surface area (Å²) >= 11 is 6.14. The fourth-order valence-corrected chi connectivity index (χ4v) is 2.52. The van der Waals surface area contributed by atoms with Crippen molar-refractivity contribution in [3.8, 4) is 0 Å². The van der Waals surface area contributed by atoms with Crippen molar-refractivity contribution in [1.29, 1.82) is 0 Å². The van der Waals surface area contributed by atoms with Crippen LogP contribution in [0.3, 0.4) is 0 Å². The number of hydrogen-bond donors (Lipinski definition) is 0. The highest BCUT2D eigenvalue weighted by Crippen LogP contribution is 2.16. The van der Waals surface area contributed by atoms with Crippen molar-refractivity contribution in [1.82, 2.24) is 29.4 Å². The van der Waals surface area contributed by atoms with E-state index in [9.17, 15) is 4.79 Å². The Labute approximate surface area is 128 Å². The number of nitrogens with zero attached hydrogens (tertiary/aromatic N) is 6. The van der Waals surface area contributed by atoms with E-state index < -0.39 is 0 Å². The molecule has 0 N–H and O–H groups in total. The van der Waals surface area contributed by atoms with Crippen LogP contribution in [-0.2, 0) is 6.54 Å². The molecule has 22 heavy (non-hydrogen) atoms. The van der Waals surface area contributed by atoms with E-state index in [1.54, 1.807) is 22.9 Å². The zero-order valence-corrected chi connectivity index (χ0v) is 12.0. The molecule has 0 unspecified atom stereocenters. The standard InChI is InChI=1S/C14H9ClN6O/c15-10-4-2-1-3-9(10)7-20-6-5-11-12(13(20)22)18-19-14-16-8-17-21(11)14/h1-6,8H,7H2. The van der Waals surface area contributed by atoms with Crippen molar-refractivity contribution in [3.63, 3.8) is 0 Å². The maximum absolute atomic E-state index is 12.6. The topological polar surface area (TPSA) is 78.0 Å². The molecule has 4 aromatic rings. The van der Waals surface area contributed by atoms with E-state index in [1.807, 2.05) is 18.2 Å². The molecule has 0 saturated carbocycles. The fourth-order valence-electron chi connectivity index (χ4n) is 2.32. The fraction of sp³-hybridized carbons (Fsp3) is 0.0714. The number of hydrogen-bond acceptors (Lipinski definition) is 5. The molecule has 0 fully saturated rings. The molecular weight excluding hydrogens is 304 g/mol. The number of benzene rings is 1. The molecule has 0 atom stereocenters. The summed E-state index contributed by atoms with van der Waals surface area (Å²) in [5, 5.41) is 12.5. The Morgan fingerprint density at radius 1 is 1.14 bits per heavy atom. The Hall–Kier alpha value is -2.80. The van der Waals surface area contributed by atoms with Gasteiger partial charge in [0.25, 0.3) is 11.3 Å². The molecule has 7 nitrogen and oxygen atoms in total. The van der Waals surface area contributed by atoms with E-state index >= 15 is 0 Å².